The van der Waals surface area contributed by atoms with E-state index in [1.54, 1.807) is 0 Å². The molecule has 4 nitrogen and oxygen atoms in total. The molecule has 0 bridgehead atoms. The molecule has 6 heteroatoms. The summed E-state index contributed by atoms with van der Waals surface area (Å²) in [4.78, 5) is 22.7. The Balaban J connectivity index is 2.20. The summed E-state index contributed by atoms with van der Waals surface area (Å²) >= 11 is 4.32. The summed E-state index contributed by atoms with van der Waals surface area (Å²) in [5.74, 6) is -0.232. The Morgan fingerprint density at radius 2 is 1.17 bits per heavy atom. The minimum atomic E-state index is -0.116. The third-order valence-electron chi connectivity index (χ3n) is 2.81. The molecule has 104 valence electrons. The monoisotopic (exact) mass is 480 g/mol. The molecule has 0 aromatic heterocycles. The van der Waals surface area contributed by atoms with Crippen LogP contribution in [0.5, 0.6) is 0 Å². The number of alkyl halides is 2. The number of hydrogen-bond donors (Lipinski definition) is 0. The molecule has 0 radical (unpaired) electrons. The topological polar surface area (TPSA) is 52.6 Å². The van der Waals surface area contributed by atoms with Crippen LogP contribution in [-0.2, 0) is 19.1 Å². The van der Waals surface area contributed by atoms with Crippen LogP contribution in [-0.4, -0.2) is 33.0 Å². The molecule has 0 aromatic carbocycles. The van der Waals surface area contributed by atoms with Crippen LogP contribution in [0.3, 0.4) is 0 Å². The highest BCUT2D eigenvalue weighted by Gasteiger charge is 2.25. The fraction of sp³-hybridized carbons (Fsp3) is 0.833. The zero-order valence-corrected chi connectivity index (χ0v) is 14.5. The number of carbonyl (C=O) groups excluding carboxylic acids is 2. The van der Waals surface area contributed by atoms with Gasteiger partial charge in [-0.2, -0.15) is 0 Å². The molecule has 0 aliphatic heterocycles. The first-order valence-corrected chi connectivity index (χ1v) is 9.21. The molecule has 18 heavy (non-hydrogen) atoms. The lowest BCUT2D eigenvalue weighted by Crippen LogP contribution is -2.29. The smallest absolute Gasteiger partial charge is 0.306 e. The highest BCUT2D eigenvalue weighted by molar-refractivity contribution is 14.1. The summed E-state index contributed by atoms with van der Waals surface area (Å²) in [7, 11) is 0. The van der Waals surface area contributed by atoms with E-state index in [0.29, 0.717) is 12.8 Å². The second-order valence-corrected chi connectivity index (χ2v) is 6.41. The molecule has 0 atom stereocenters. The van der Waals surface area contributed by atoms with Crippen LogP contribution in [0.2, 0.25) is 0 Å². The van der Waals surface area contributed by atoms with Crippen molar-refractivity contribution < 1.29 is 19.1 Å². The van der Waals surface area contributed by atoms with Crippen LogP contribution < -0.4 is 0 Å². The minimum absolute atomic E-state index is 0.0139. The fourth-order valence-corrected chi connectivity index (χ4v) is 2.79. The molecule has 0 spiro atoms. The van der Waals surface area contributed by atoms with Crippen molar-refractivity contribution >= 4 is 57.1 Å². The van der Waals surface area contributed by atoms with Crippen LogP contribution in [0.4, 0.5) is 0 Å². The van der Waals surface area contributed by atoms with E-state index in [0.717, 1.165) is 34.5 Å². The Morgan fingerprint density at radius 3 is 1.44 bits per heavy atom. The maximum atomic E-state index is 11.3. The molecule has 0 aromatic rings. The molecule has 1 rings (SSSR count). The van der Waals surface area contributed by atoms with Gasteiger partial charge in [0, 0.05) is 8.86 Å². The number of rotatable bonds is 6. The fourth-order valence-electron chi connectivity index (χ4n) is 1.91. The number of halogens is 2. The molecular weight excluding hydrogens is 462 g/mol. The normalized spacial score (nSPS) is 23.4. The summed E-state index contributed by atoms with van der Waals surface area (Å²) in [5, 5.41) is 0. The molecule has 0 N–H and O–H groups in total. The van der Waals surface area contributed by atoms with Crippen LogP contribution >= 0.6 is 45.2 Å². The second-order valence-electron chi connectivity index (χ2n) is 4.26. The Labute approximate surface area is 135 Å². The van der Waals surface area contributed by atoms with Crippen molar-refractivity contribution in [1.29, 1.82) is 0 Å². The van der Waals surface area contributed by atoms with E-state index < -0.39 is 0 Å². The minimum Gasteiger partial charge on any atom is -0.462 e. The third kappa shape index (κ3) is 6.53. The van der Waals surface area contributed by atoms with Gasteiger partial charge in [0.25, 0.3) is 0 Å². The average molecular weight is 480 g/mol. The van der Waals surface area contributed by atoms with Crippen molar-refractivity contribution in [2.45, 2.75) is 50.7 Å². The summed E-state index contributed by atoms with van der Waals surface area (Å²) < 4.78 is 12.3. The first kappa shape index (κ1) is 16.5. The molecule has 1 aliphatic carbocycles. The number of esters is 2. The molecule has 0 amide bonds. The summed E-state index contributed by atoms with van der Waals surface area (Å²) in [5.41, 5.74) is 0. The molecule has 1 fully saturated rings. The Hall–Kier alpha value is 0.400. The van der Waals surface area contributed by atoms with Gasteiger partial charge in [0.2, 0.25) is 0 Å². The van der Waals surface area contributed by atoms with Crippen LogP contribution in [0.25, 0.3) is 0 Å². The van der Waals surface area contributed by atoms with Gasteiger partial charge in [-0.3, -0.25) is 9.59 Å². The van der Waals surface area contributed by atoms with Gasteiger partial charge >= 0.3 is 11.9 Å². The predicted octanol–water partition coefficient (Wildman–Crippen LogP) is 3.03. The first-order chi connectivity index (χ1) is 8.65. The predicted molar refractivity (Wildman–Crippen MR) is 85.2 cm³/mol. The first-order valence-electron chi connectivity index (χ1n) is 6.16. The van der Waals surface area contributed by atoms with Crippen molar-refractivity contribution in [2.24, 2.45) is 0 Å². The molecule has 0 unspecified atom stereocenters. The van der Waals surface area contributed by atoms with E-state index in [4.69, 9.17) is 9.47 Å². The second kappa shape index (κ2) is 9.33. The average Bonchev–Trinajstić information content (AvgIpc) is 2.32. The zero-order chi connectivity index (χ0) is 13.4. The SMILES string of the molecule is O=C(CCI)OC1CCC(OC(=O)CCI)CC1. The van der Waals surface area contributed by atoms with Crippen LogP contribution in [0, 0.1) is 0 Å². The summed E-state index contributed by atoms with van der Waals surface area (Å²) in [6.45, 7) is 0. The molecular formula is C12H18I2O4. The van der Waals surface area contributed by atoms with E-state index >= 15 is 0 Å². The van der Waals surface area contributed by atoms with Crippen LogP contribution in [0.15, 0.2) is 0 Å². The van der Waals surface area contributed by atoms with Gasteiger partial charge in [-0.15, -0.1) is 0 Å². The molecule has 0 saturated heterocycles. The highest BCUT2D eigenvalue weighted by Crippen LogP contribution is 2.24. The van der Waals surface area contributed by atoms with Crippen LogP contribution in [0.1, 0.15) is 38.5 Å². The lowest BCUT2D eigenvalue weighted by atomic mass is 9.95. The highest BCUT2D eigenvalue weighted by atomic mass is 127. The van der Waals surface area contributed by atoms with E-state index in [1.165, 1.54) is 0 Å². The van der Waals surface area contributed by atoms with Crippen molar-refractivity contribution in [3.63, 3.8) is 0 Å². The van der Waals surface area contributed by atoms with Gasteiger partial charge in [0.1, 0.15) is 12.2 Å². The van der Waals surface area contributed by atoms with Gasteiger partial charge in [0.15, 0.2) is 0 Å². The van der Waals surface area contributed by atoms with E-state index in [-0.39, 0.29) is 24.1 Å². The summed E-state index contributed by atoms with van der Waals surface area (Å²) in [6.07, 6.45) is 4.19. The van der Waals surface area contributed by atoms with Crippen molar-refractivity contribution in [1.82, 2.24) is 0 Å². The van der Waals surface area contributed by atoms with E-state index in [9.17, 15) is 9.59 Å². The maximum Gasteiger partial charge on any atom is 0.306 e. The van der Waals surface area contributed by atoms with Gasteiger partial charge in [-0.05, 0) is 25.7 Å². The largest absolute Gasteiger partial charge is 0.462 e. The number of carbonyl (C=O) groups is 2. The maximum absolute atomic E-state index is 11.3. The molecule has 1 saturated carbocycles. The standard InChI is InChI=1S/C12H18I2O4/c13-7-5-11(15)17-9-1-2-10(4-3-9)18-12(16)6-8-14/h9-10H,1-8H2. The van der Waals surface area contributed by atoms with E-state index in [1.807, 2.05) is 0 Å². The quantitative estimate of drug-likeness (QED) is 0.334. The summed E-state index contributed by atoms with van der Waals surface area (Å²) in [6, 6.07) is 0. The van der Waals surface area contributed by atoms with Gasteiger partial charge in [0.05, 0.1) is 12.8 Å². The Bertz CT molecular complexity index is 247. The number of hydrogen-bond acceptors (Lipinski definition) is 4. The Morgan fingerprint density at radius 1 is 0.833 bits per heavy atom. The number of ether oxygens (including phenoxy) is 2. The molecule has 0 heterocycles. The van der Waals surface area contributed by atoms with Crippen molar-refractivity contribution in [3.05, 3.63) is 0 Å². The van der Waals surface area contributed by atoms with E-state index in [2.05, 4.69) is 45.2 Å². The lowest BCUT2D eigenvalue weighted by molar-refractivity contribution is -0.157. The van der Waals surface area contributed by atoms with Crippen molar-refractivity contribution in [3.8, 4) is 0 Å². The van der Waals surface area contributed by atoms with Gasteiger partial charge < -0.3 is 9.47 Å². The third-order valence-corrected chi connectivity index (χ3v) is 3.89. The zero-order valence-electron chi connectivity index (χ0n) is 10.2. The van der Waals surface area contributed by atoms with Gasteiger partial charge in [-0.25, -0.2) is 0 Å². The molecule has 1 aliphatic rings. The van der Waals surface area contributed by atoms with Crippen molar-refractivity contribution in [2.75, 3.05) is 8.86 Å². The van der Waals surface area contributed by atoms with Gasteiger partial charge in [-0.1, -0.05) is 45.2 Å². The Kier molecular flexibility index (Phi) is 8.53. The lowest BCUT2D eigenvalue weighted by Gasteiger charge is -2.28.